The van der Waals surface area contributed by atoms with Gasteiger partial charge < -0.3 is 4.74 Å². The van der Waals surface area contributed by atoms with Crippen LogP contribution in [0.3, 0.4) is 0 Å². The summed E-state index contributed by atoms with van der Waals surface area (Å²) in [6.45, 7) is 0.823. The zero-order valence-corrected chi connectivity index (χ0v) is 10.9. The Bertz CT molecular complexity index is 520. The van der Waals surface area contributed by atoms with E-state index in [1.54, 1.807) is 0 Å². The second-order valence-corrected chi connectivity index (χ2v) is 4.95. The van der Waals surface area contributed by atoms with Crippen molar-refractivity contribution < 1.29 is 4.74 Å². The highest BCUT2D eigenvalue weighted by atomic mass is 127. The molecule has 2 aromatic rings. The van der Waals surface area contributed by atoms with Crippen LogP contribution in [0.5, 0.6) is 5.75 Å². The molecule has 0 unspecified atom stereocenters. The Morgan fingerprint density at radius 2 is 1.81 bits per heavy atom. The highest BCUT2D eigenvalue weighted by molar-refractivity contribution is 14.1. The van der Waals surface area contributed by atoms with Crippen molar-refractivity contribution in [2.75, 3.05) is 6.61 Å². The first-order chi connectivity index (χ1) is 7.86. The SMILES string of the molecule is Ic1c(-c2ccccc2)ccc2c1CCO2. The molecule has 16 heavy (non-hydrogen) atoms. The maximum absolute atomic E-state index is 5.57. The minimum atomic E-state index is 0.823. The molecule has 1 aliphatic heterocycles. The molecule has 0 N–H and O–H groups in total. The smallest absolute Gasteiger partial charge is 0.123 e. The van der Waals surface area contributed by atoms with E-state index in [1.165, 1.54) is 20.3 Å². The first-order valence-electron chi connectivity index (χ1n) is 5.36. The molecule has 0 spiro atoms. The van der Waals surface area contributed by atoms with E-state index in [1.807, 2.05) is 6.07 Å². The second-order valence-electron chi connectivity index (χ2n) is 3.87. The zero-order valence-electron chi connectivity index (χ0n) is 8.74. The summed E-state index contributed by atoms with van der Waals surface area (Å²) in [5, 5.41) is 0. The minimum absolute atomic E-state index is 0.823. The van der Waals surface area contributed by atoms with Crippen LogP contribution >= 0.6 is 22.6 Å². The van der Waals surface area contributed by atoms with E-state index >= 15 is 0 Å². The Labute approximate surface area is 109 Å². The average Bonchev–Trinajstić information content (AvgIpc) is 2.80. The fourth-order valence-electron chi connectivity index (χ4n) is 2.08. The summed E-state index contributed by atoms with van der Waals surface area (Å²) in [5.74, 6) is 1.06. The number of benzene rings is 2. The van der Waals surface area contributed by atoms with Gasteiger partial charge in [0, 0.05) is 15.6 Å². The van der Waals surface area contributed by atoms with Crippen molar-refractivity contribution in [1.82, 2.24) is 0 Å². The molecule has 1 aliphatic rings. The normalized spacial score (nSPS) is 13.3. The Kier molecular flexibility index (Phi) is 2.59. The van der Waals surface area contributed by atoms with Crippen LogP contribution in [-0.4, -0.2) is 6.61 Å². The van der Waals surface area contributed by atoms with Gasteiger partial charge in [-0.1, -0.05) is 30.3 Å². The molecule has 3 rings (SSSR count). The second kappa shape index (κ2) is 4.09. The largest absolute Gasteiger partial charge is 0.493 e. The number of fused-ring (bicyclic) bond motifs is 1. The monoisotopic (exact) mass is 322 g/mol. The molecule has 0 saturated carbocycles. The van der Waals surface area contributed by atoms with Crippen molar-refractivity contribution in [3.8, 4) is 16.9 Å². The molecule has 2 aromatic carbocycles. The Morgan fingerprint density at radius 1 is 1.00 bits per heavy atom. The minimum Gasteiger partial charge on any atom is -0.493 e. The average molecular weight is 322 g/mol. The first kappa shape index (κ1) is 10.1. The van der Waals surface area contributed by atoms with Crippen LogP contribution in [0.25, 0.3) is 11.1 Å². The van der Waals surface area contributed by atoms with Crippen molar-refractivity contribution in [3.05, 3.63) is 51.6 Å². The maximum Gasteiger partial charge on any atom is 0.123 e. The standard InChI is InChI=1S/C14H11IO/c15-14-11(10-4-2-1-3-5-10)6-7-13-12(14)8-9-16-13/h1-7H,8-9H2. The summed E-state index contributed by atoms with van der Waals surface area (Å²) in [5.41, 5.74) is 3.95. The zero-order chi connectivity index (χ0) is 11.0. The van der Waals surface area contributed by atoms with E-state index in [4.69, 9.17) is 4.74 Å². The molecule has 0 aliphatic carbocycles. The summed E-state index contributed by atoms with van der Waals surface area (Å²) in [4.78, 5) is 0. The molecule has 2 heteroatoms. The summed E-state index contributed by atoms with van der Waals surface area (Å²) >= 11 is 2.43. The third-order valence-electron chi connectivity index (χ3n) is 2.89. The van der Waals surface area contributed by atoms with Crippen LogP contribution in [-0.2, 0) is 6.42 Å². The molecule has 0 radical (unpaired) electrons. The quantitative estimate of drug-likeness (QED) is 0.724. The Hall–Kier alpha value is -1.03. The van der Waals surface area contributed by atoms with Crippen molar-refractivity contribution >= 4 is 22.6 Å². The first-order valence-corrected chi connectivity index (χ1v) is 6.44. The Balaban J connectivity index is 2.16. The van der Waals surface area contributed by atoms with Gasteiger partial charge in [-0.05, 0) is 45.9 Å². The molecule has 0 saturated heterocycles. The molecule has 1 heterocycles. The lowest BCUT2D eigenvalue weighted by Crippen LogP contribution is -1.88. The number of halogens is 1. The summed E-state index contributed by atoms with van der Waals surface area (Å²) in [6, 6.07) is 14.8. The summed E-state index contributed by atoms with van der Waals surface area (Å²) in [7, 11) is 0. The number of rotatable bonds is 1. The van der Waals surface area contributed by atoms with Gasteiger partial charge in [0.1, 0.15) is 5.75 Å². The van der Waals surface area contributed by atoms with Crippen molar-refractivity contribution in [2.24, 2.45) is 0 Å². The van der Waals surface area contributed by atoms with Gasteiger partial charge in [0.05, 0.1) is 6.61 Å². The van der Waals surface area contributed by atoms with Crippen molar-refractivity contribution in [2.45, 2.75) is 6.42 Å². The molecular weight excluding hydrogens is 311 g/mol. The molecule has 1 nitrogen and oxygen atoms in total. The van der Waals surface area contributed by atoms with Crippen LogP contribution in [0.2, 0.25) is 0 Å². The Morgan fingerprint density at radius 3 is 2.62 bits per heavy atom. The highest BCUT2D eigenvalue weighted by Gasteiger charge is 2.17. The lowest BCUT2D eigenvalue weighted by atomic mass is 10.0. The summed E-state index contributed by atoms with van der Waals surface area (Å²) < 4.78 is 6.90. The van der Waals surface area contributed by atoms with Gasteiger partial charge in [0.25, 0.3) is 0 Å². The van der Waals surface area contributed by atoms with Crippen LogP contribution in [0.1, 0.15) is 5.56 Å². The van der Waals surface area contributed by atoms with Gasteiger partial charge in [-0.3, -0.25) is 0 Å². The number of hydrogen-bond donors (Lipinski definition) is 0. The number of ether oxygens (including phenoxy) is 1. The van der Waals surface area contributed by atoms with Crippen LogP contribution in [0.4, 0.5) is 0 Å². The molecule has 0 aromatic heterocycles. The van der Waals surface area contributed by atoms with Crippen molar-refractivity contribution in [3.63, 3.8) is 0 Å². The predicted molar refractivity (Wildman–Crippen MR) is 73.8 cm³/mol. The lowest BCUT2D eigenvalue weighted by molar-refractivity contribution is 0.357. The highest BCUT2D eigenvalue weighted by Crippen LogP contribution is 2.36. The third kappa shape index (κ3) is 1.61. The molecule has 0 atom stereocenters. The van der Waals surface area contributed by atoms with E-state index in [-0.39, 0.29) is 0 Å². The van der Waals surface area contributed by atoms with Gasteiger partial charge in [0.2, 0.25) is 0 Å². The predicted octanol–water partition coefficient (Wildman–Crippen LogP) is 3.89. The molecule has 80 valence electrons. The summed E-state index contributed by atoms with van der Waals surface area (Å²) in [6.07, 6.45) is 1.04. The van der Waals surface area contributed by atoms with Gasteiger partial charge in [0.15, 0.2) is 0 Å². The van der Waals surface area contributed by atoms with Gasteiger partial charge in [-0.2, -0.15) is 0 Å². The van der Waals surface area contributed by atoms with Crippen LogP contribution in [0, 0.1) is 3.57 Å². The van der Waals surface area contributed by atoms with Crippen LogP contribution in [0.15, 0.2) is 42.5 Å². The maximum atomic E-state index is 5.57. The molecule has 0 bridgehead atoms. The molecular formula is C14H11IO. The van der Waals surface area contributed by atoms with E-state index in [0.29, 0.717) is 0 Å². The van der Waals surface area contributed by atoms with E-state index < -0.39 is 0 Å². The fraction of sp³-hybridized carbons (Fsp3) is 0.143. The fourth-order valence-corrected chi connectivity index (χ4v) is 3.10. The van der Waals surface area contributed by atoms with Crippen LogP contribution < -0.4 is 4.74 Å². The van der Waals surface area contributed by atoms with E-state index in [2.05, 4.69) is 59.0 Å². The lowest BCUT2D eigenvalue weighted by Gasteiger charge is -2.08. The van der Waals surface area contributed by atoms with E-state index in [9.17, 15) is 0 Å². The van der Waals surface area contributed by atoms with Gasteiger partial charge >= 0.3 is 0 Å². The van der Waals surface area contributed by atoms with Crippen molar-refractivity contribution in [1.29, 1.82) is 0 Å². The number of hydrogen-bond acceptors (Lipinski definition) is 1. The topological polar surface area (TPSA) is 9.23 Å². The van der Waals surface area contributed by atoms with E-state index in [0.717, 1.165) is 18.8 Å². The van der Waals surface area contributed by atoms with Gasteiger partial charge in [-0.15, -0.1) is 0 Å². The third-order valence-corrected chi connectivity index (χ3v) is 4.13. The molecule has 0 amide bonds. The molecule has 0 fully saturated rings. The van der Waals surface area contributed by atoms with Gasteiger partial charge in [-0.25, -0.2) is 0 Å².